The monoisotopic (exact) mass is 338 g/mol. The third-order valence-corrected chi connectivity index (χ3v) is 3.43. The van der Waals surface area contributed by atoms with Gasteiger partial charge in [0.25, 0.3) is 0 Å². The molecule has 0 unspecified atom stereocenters. The highest BCUT2D eigenvalue weighted by Gasteiger charge is 2.06. The standard InChI is InChI=1S/C14H12BrClN2O/c15-10-3-1-2-9(6-10)8-18-11-4-5-12(14(17)19)13(16)7-11/h1-7,18H,8H2,(H2,17,19). The summed E-state index contributed by atoms with van der Waals surface area (Å²) in [5, 5.41) is 3.59. The minimum Gasteiger partial charge on any atom is -0.381 e. The molecular formula is C14H12BrClN2O. The molecule has 3 N–H and O–H groups in total. The van der Waals surface area contributed by atoms with Gasteiger partial charge in [0.1, 0.15) is 0 Å². The average molecular weight is 340 g/mol. The van der Waals surface area contributed by atoms with Gasteiger partial charge in [0, 0.05) is 16.7 Å². The van der Waals surface area contributed by atoms with E-state index in [1.807, 2.05) is 24.3 Å². The average Bonchev–Trinajstić information content (AvgIpc) is 2.36. The molecule has 0 heterocycles. The molecule has 19 heavy (non-hydrogen) atoms. The van der Waals surface area contributed by atoms with Crippen molar-refractivity contribution in [1.82, 2.24) is 0 Å². The fraction of sp³-hybridized carbons (Fsp3) is 0.0714. The van der Waals surface area contributed by atoms with Crippen LogP contribution in [0.2, 0.25) is 5.02 Å². The molecular weight excluding hydrogens is 328 g/mol. The Morgan fingerprint density at radius 2 is 2.05 bits per heavy atom. The molecule has 0 saturated carbocycles. The normalized spacial score (nSPS) is 10.2. The van der Waals surface area contributed by atoms with Crippen LogP contribution in [0.1, 0.15) is 15.9 Å². The third kappa shape index (κ3) is 3.72. The van der Waals surface area contributed by atoms with Gasteiger partial charge in [0.05, 0.1) is 10.6 Å². The summed E-state index contributed by atoms with van der Waals surface area (Å²) in [6.45, 7) is 0.672. The highest BCUT2D eigenvalue weighted by atomic mass is 79.9. The molecule has 2 rings (SSSR count). The van der Waals surface area contributed by atoms with Gasteiger partial charge in [0.2, 0.25) is 5.91 Å². The maximum Gasteiger partial charge on any atom is 0.250 e. The summed E-state index contributed by atoms with van der Waals surface area (Å²) in [4.78, 5) is 11.1. The minimum atomic E-state index is -0.525. The topological polar surface area (TPSA) is 55.1 Å². The molecule has 2 aromatic rings. The van der Waals surface area contributed by atoms with Crippen LogP contribution in [0.5, 0.6) is 0 Å². The molecule has 0 aromatic heterocycles. The molecule has 98 valence electrons. The van der Waals surface area contributed by atoms with Crippen LogP contribution in [0.3, 0.4) is 0 Å². The molecule has 0 spiro atoms. The van der Waals surface area contributed by atoms with E-state index in [1.54, 1.807) is 18.2 Å². The van der Waals surface area contributed by atoms with Crippen LogP contribution in [0.4, 0.5) is 5.69 Å². The predicted molar refractivity (Wildman–Crippen MR) is 81.4 cm³/mol. The third-order valence-electron chi connectivity index (χ3n) is 2.62. The Balaban J connectivity index is 2.08. The van der Waals surface area contributed by atoms with Crippen molar-refractivity contribution in [2.45, 2.75) is 6.54 Å². The number of halogens is 2. The Hall–Kier alpha value is -1.52. The van der Waals surface area contributed by atoms with E-state index in [9.17, 15) is 4.79 Å². The molecule has 5 heteroatoms. The second kappa shape index (κ2) is 6.08. The van der Waals surface area contributed by atoms with E-state index in [0.29, 0.717) is 17.1 Å². The number of rotatable bonds is 4. The van der Waals surface area contributed by atoms with Crippen LogP contribution < -0.4 is 11.1 Å². The molecule has 0 atom stereocenters. The first-order valence-corrected chi connectivity index (χ1v) is 6.81. The lowest BCUT2D eigenvalue weighted by molar-refractivity contribution is 0.100. The first kappa shape index (κ1) is 13.9. The number of nitrogens with one attached hydrogen (secondary N) is 1. The number of amides is 1. The Labute approximate surface area is 124 Å². The van der Waals surface area contributed by atoms with Crippen LogP contribution in [-0.4, -0.2) is 5.91 Å². The Morgan fingerprint density at radius 3 is 2.68 bits per heavy atom. The smallest absolute Gasteiger partial charge is 0.250 e. The van der Waals surface area contributed by atoms with E-state index in [1.165, 1.54) is 0 Å². The summed E-state index contributed by atoms with van der Waals surface area (Å²) in [7, 11) is 0. The lowest BCUT2D eigenvalue weighted by atomic mass is 10.2. The summed E-state index contributed by atoms with van der Waals surface area (Å²) < 4.78 is 1.04. The first-order chi connectivity index (χ1) is 9.06. The van der Waals surface area contributed by atoms with Crippen LogP contribution in [0, 0.1) is 0 Å². The van der Waals surface area contributed by atoms with E-state index in [-0.39, 0.29) is 0 Å². The SMILES string of the molecule is NC(=O)c1ccc(NCc2cccc(Br)c2)cc1Cl. The number of nitrogens with two attached hydrogens (primary N) is 1. The number of primary amides is 1. The van der Waals surface area contributed by atoms with Crippen molar-refractivity contribution in [2.24, 2.45) is 5.73 Å². The zero-order valence-corrected chi connectivity index (χ0v) is 12.3. The van der Waals surface area contributed by atoms with Crippen LogP contribution in [-0.2, 0) is 6.54 Å². The van der Waals surface area contributed by atoms with Crippen molar-refractivity contribution in [3.05, 3.63) is 63.1 Å². The maximum atomic E-state index is 11.1. The zero-order valence-electron chi connectivity index (χ0n) is 9.99. The van der Waals surface area contributed by atoms with Gasteiger partial charge in [-0.1, -0.05) is 39.7 Å². The van der Waals surface area contributed by atoms with Crippen LogP contribution >= 0.6 is 27.5 Å². The Kier molecular flexibility index (Phi) is 4.45. The molecule has 0 bridgehead atoms. The number of anilines is 1. The molecule has 0 aliphatic rings. The summed E-state index contributed by atoms with van der Waals surface area (Å²) in [6.07, 6.45) is 0. The second-order valence-corrected chi connectivity index (χ2v) is 5.37. The van der Waals surface area contributed by atoms with Gasteiger partial charge < -0.3 is 11.1 Å². The number of carbonyl (C=O) groups is 1. The Bertz CT molecular complexity index is 616. The molecule has 0 saturated heterocycles. The van der Waals surface area contributed by atoms with Crippen LogP contribution in [0.15, 0.2) is 46.9 Å². The van der Waals surface area contributed by atoms with Gasteiger partial charge in [-0.2, -0.15) is 0 Å². The molecule has 3 nitrogen and oxygen atoms in total. The van der Waals surface area contributed by atoms with Gasteiger partial charge in [-0.3, -0.25) is 4.79 Å². The molecule has 1 amide bonds. The molecule has 0 radical (unpaired) electrons. The van der Waals surface area contributed by atoms with Gasteiger partial charge in [-0.25, -0.2) is 0 Å². The maximum absolute atomic E-state index is 11.1. The lowest BCUT2D eigenvalue weighted by Crippen LogP contribution is -2.11. The van der Waals surface area contributed by atoms with Crippen molar-refractivity contribution in [2.75, 3.05) is 5.32 Å². The number of carbonyl (C=O) groups excluding carboxylic acids is 1. The van der Waals surface area contributed by atoms with Gasteiger partial charge in [0.15, 0.2) is 0 Å². The van der Waals surface area contributed by atoms with Gasteiger partial charge >= 0.3 is 0 Å². The van der Waals surface area contributed by atoms with Crippen molar-refractivity contribution in [1.29, 1.82) is 0 Å². The molecule has 2 aromatic carbocycles. The van der Waals surface area contributed by atoms with E-state index < -0.39 is 5.91 Å². The largest absolute Gasteiger partial charge is 0.381 e. The number of hydrogen-bond acceptors (Lipinski definition) is 2. The molecule has 0 aliphatic heterocycles. The zero-order chi connectivity index (χ0) is 13.8. The Morgan fingerprint density at radius 1 is 1.26 bits per heavy atom. The highest BCUT2D eigenvalue weighted by molar-refractivity contribution is 9.10. The first-order valence-electron chi connectivity index (χ1n) is 5.64. The van der Waals surface area contributed by atoms with Crippen molar-refractivity contribution in [3.8, 4) is 0 Å². The predicted octanol–water partition coefficient (Wildman–Crippen LogP) is 3.81. The lowest BCUT2D eigenvalue weighted by Gasteiger charge is -2.08. The molecule has 0 fully saturated rings. The van der Waals surface area contributed by atoms with E-state index in [0.717, 1.165) is 15.7 Å². The fourth-order valence-electron chi connectivity index (χ4n) is 1.68. The molecule has 0 aliphatic carbocycles. The van der Waals surface area contributed by atoms with E-state index in [2.05, 4.69) is 21.2 Å². The highest BCUT2D eigenvalue weighted by Crippen LogP contribution is 2.21. The van der Waals surface area contributed by atoms with Gasteiger partial charge in [-0.15, -0.1) is 0 Å². The van der Waals surface area contributed by atoms with E-state index >= 15 is 0 Å². The fourth-order valence-corrected chi connectivity index (χ4v) is 2.40. The van der Waals surface area contributed by atoms with Crippen molar-refractivity contribution in [3.63, 3.8) is 0 Å². The quantitative estimate of drug-likeness (QED) is 0.890. The number of hydrogen-bond donors (Lipinski definition) is 2. The number of benzene rings is 2. The summed E-state index contributed by atoms with van der Waals surface area (Å²) >= 11 is 9.41. The minimum absolute atomic E-state index is 0.328. The summed E-state index contributed by atoms with van der Waals surface area (Å²) in [5.74, 6) is -0.525. The second-order valence-electron chi connectivity index (χ2n) is 4.04. The van der Waals surface area contributed by atoms with Gasteiger partial charge in [-0.05, 0) is 35.9 Å². The summed E-state index contributed by atoms with van der Waals surface area (Å²) in [6, 6.07) is 13.1. The summed E-state index contributed by atoms with van der Waals surface area (Å²) in [5.41, 5.74) is 7.51. The van der Waals surface area contributed by atoms with Crippen molar-refractivity contribution < 1.29 is 4.79 Å². The van der Waals surface area contributed by atoms with E-state index in [4.69, 9.17) is 17.3 Å². The van der Waals surface area contributed by atoms with Crippen molar-refractivity contribution >= 4 is 39.1 Å². The van der Waals surface area contributed by atoms with Crippen LogP contribution in [0.25, 0.3) is 0 Å².